The van der Waals surface area contributed by atoms with Gasteiger partial charge in [-0.15, -0.1) is 11.6 Å². The van der Waals surface area contributed by atoms with Gasteiger partial charge in [0.25, 0.3) is 0 Å². The van der Waals surface area contributed by atoms with Crippen molar-refractivity contribution >= 4 is 11.6 Å². The molecule has 1 unspecified atom stereocenters. The fraction of sp³-hybridized carbons (Fsp3) is 0.500. The Bertz CT molecular complexity index is 195. The number of aryl methyl sites for hydroxylation is 1. The third kappa shape index (κ3) is 1.45. The van der Waals surface area contributed by atoms with E-state index in [0.717, 1.165) is 5.69 Å². The Labute approximate surface area is 58.8 Å². The second-order valence-corrected chi connectivity index (χ2v) is 2.60. The molecule has 1 heterocycles. The van der Waals surface area contributed by atoms with Crippen molar-refractivity contribution in [3.63, 3.8) is 0 Å². The summed E-state index contributed by atoms with van der Waals surface area (Å²) in [6.45, 7) is 3.69. The van der Waals surface area contributed by atoms with Gasteiger partial charge in [-0.3, -0.25) is 0 Å². The Balaban J connectivity index is 2.85. The van der Waals surface area contributed by atoms with Gasteiger partial charge in [-0.1, -0.05) is 0 Å². The van der Waals surface area contributed by atoms with Crippen LogP contribution in [0.15, 0.2) is 10.7 Å². The molecule has 0 aliphatic carbocycles. The maximum atomic E-state index is 5.66. The summed E-state index contributed by atoms with van der Waals surface area (Å²) in [7, 11) is 0. The first kappa shape index (κ1) is 6.62. The Kier molecular flexibility index (Phi) is 1.76. The molecule has 0 spiro atoms. The lowest BCUT2D eigenvalue weighted by atomic mass is 10.5. The van der Waals surface area contributed by atoms with Crippen LogP contribution >= 0.6 is 11.6 Å². The van der Waals surface area contributed by atoms with E-state index in [0.29, 0.717) is 5.89 Å². The first-order valence-corrected chi connectivity index (χ1v) is 3.20. The van der Waals surface area contributed by atoms with Crippen molar-refractivity contribution in [1.82, 2.24) is 4.98 Å². The third-order valence-corrected chi connectivity index (χ3v) is 1.16. The van der Waals surface area contributed by atoms with E-state index in [1.807, 2.05) is 13.8 Å². The molecule has 1 aromatic heterocycles. The van der Waals surface area contributed by atoms with E-state index in [1.165, 1.54) is 0 Å². The molecule has 1 atom stereocenters. The van der Waals surface area contributed by atoms with Crippen molar-refractivity contribution in [3.8, 4) is 0 Å². The zero-order valence-electron chi connectivity index (χ0n) is 5.39. The predicted molar refractivity (Wildman–Crippen MR) is 35.5 cm³/mol. The van der Waals surface area contributed by atoms with E-state index >= 15 is 0 Å². The molecule has 50 valence electrons. The maximum Gasteiger partial charge on any atom is 0.211 e. The summed E-state index contributed by atoms with van der Waals surface area (Å²) in [5, 5.41) is -0.126. The van der Waals surface area contributed by atoms with Gasteiger partial charge in [-0.2, -0.15) is 0 Å². The van der Waals surface area contributed by atoms with Crippen LogP contribution in [0.3, 0.4) is 0 Å². The van der Waals surface area contributed by atoms with E-state index in [9.17, 15) is 0 Å². The van der Waals surface area contributed by atoms with Gasteiger partial charge < -0.3 is 4.42 Å². The molecule has 0 fully saturated rings. The summed E-state index contributed by atoms with van der Waals surface area (Å²) < 4.78 is 4.98. The quantitative estimate of drug-likeness (QED) is 0.567. The molecule has 0 aromatic carbocycles. The highest BCUT2D eigenvalue weighted by Crippen LogP contribution is 2.17. The molecular weight excluding hydrogens is 138 g/mol. The summed E-state index contributed by atoms with van der Waals surface area (Å²) >= 11 is 5.66. The van der Waals surface area contributed by atoms with Gasteiger partial charge in [0, 0.05) is 0 Å². The highest BCUT2D eigenvalue weighted by molar-refractivity contribution is 6.20. The molecule has 9 heavy (non-hydrogen) atoms. The Morgan fingerprint density at radius 3 is 2.67 bits per heavy atom. The lowest BCUT2D eigenvalue weighted by molar-refractivity contribution is 0.496. The maximum absolute atomic E-state index is 5.66. The van der Waals surface area contributed by atoms with Crippen molar-refractivity contribution in [2.45, 2.75) is 19.2 Å². The van der Waals surface area contributed by atoms with Crippen molar-refractivity contribution < 1.29 is 4.42 Å². The molecule has 0 radical (unpaired) electrons. The molecule has 0 aliphatic rings. The van der Waals surface area contributed by atoms with Crippen LogP contribution in [-0.2, 0) is 0 Å². The first-order chi connectivity index (χ1) is 4.20. The van der Waals surface area contributed by atoms with Gasteiger partial charge in [-0.25, -0.2) is 4.98 Å². The van der Waals surface area contributed by atoms with Gasteiger partial charge in [0.15, 0.2) is 0 Å². The second kappa shape index (κ2) is 2.40. The fourth-order valence-electron chi connectivity index (χ4n) is 0.555. The molecule has 3 heteroatoms. The normalized spacial score (nSPS) is 13.7. The largest absolute Gasteiger partial charge is 0.447 e. The predicted octanol–water partition coefficient (Wildman–Crippen LogP) is 2.28. The van der Waals surface area contributed by atoms with E-state index in [4.69, 9.17) is 16.0 Å². The van der Waals surface area contributed by atoms with Gasteiger partial charge in [0.05, 0.1) is 5.69 Å². The van der Waals surface area contributed by atoms with Gasteiger partial charge >= 0.3 is 0 Å². The first-order valence-electron chi connectivity index (χ1n) is 2.76. The molecular formula is C6H8ClNO. The van der Waals surface area contributed by atoms with Gasteiger partial charge in [0.2, 0.25) is 5.89 Å². The number of halogens is 1. The summed E-state index contributed by atoms with van der Waals surface area (Å²) in [6.07, 6.45) is 1.59. The number of aromatic nitrogens is 1. The number of hydrogen-bond acceptors (Lipinski definition) is 2. The number of nitrogens with zero attached hydrogens (tertiary/aromatic N) is 1. The lowest BCUT2D eigenvalue weighted by Gasteiger charge is -1.90. The second-order valence-electron chi connectivity index (χ2n) is 1.94. The van der Waals surface area contributed by atoms with Gasteiger partial charge in [-0.05, 0) is 13.8 Å². The molecule has 2 nitrogen and oxygen atoms in total. The minimum atomic E-state index is -0.126. The van der Waals surface area contributed by atoms with E-state index in [1.54, 1.807) is 6.26 Å². The lowest BCUT2D eigenvalue weighted by Crippen LogP contribution is -1.82. The van der Waals surface area contributed by atoms with Crippen LogP contribution in [0.25, 0.3) is 0 Å². The van der Waals surface area contributed by atoms with Crippen LogP contribution in [0.4, 0.5) is 0 Å². The van der Waals surface area contributed by atoms with Crippen LogP contribution in [0.2, 0.25) is 0 Å². The van der Waals surface area contributed by atoms with E-state index in [-0.39, 0.29) is 5.38 Å². The average Bonchev–Trinajstić information content (AvgIpc) is 2.14. The van der Waals surface area contributed by atoms with Crippen LogP contribution in [-0.4, -0.2) is 4.98 Å². The molecule has 1 aromatic rings. The van der Waals surface area contributed by atoms with Gasteiger partial charge in [0.1, 0.15) is 11.6 Å². The highest BCUT2D eigenvalue weighted by Gasteiger charge is 2.05. The standard InChI is InChI=1S/C6H8ClNO/c1-4-3-9-6(8-4)5(2)7/h3,5H,1-2H3. The molecule has 0 amide bonds. The molecule has 0 N–H and O–H groups in total. The van der Waals surface area contributed by atoms with Crippen LogP contribution in [0.1, 0.15) is 23.9 Å². The van der Waals surface area contributed by atoms with Crippen LogP contribution in [0.5, 0.6) is 0 Å². The summed E-state index contributed by atoms with van der Waals surface area (Å²) in [5.74, 6) is 0.592. The zero-order valence-corrected chi connectivity index (χ0v) is 6.14. The van der Waals surface area contributed by atoms with Crippen molar-refractivity contribution in [3.05, 3.63) is 17.8 Å². The minimum Gasteiger partial charge on any atom is -0.447 e. The number of alkyl halides is 1. The van der Waals surface area contributed by atoms with Crippen molar-refractivity contribution in [2.24, 2.45) is 0 Å². The van der Waals surface area contributed by atoms with Crippen molar-refractivity contribution in [1.29, 1.82) is 0 Å². The third-order valence-electron chi connectivity index (χ3n) is 0.977. The minimum absolute atomic E-state index is 0.126. The topological polar surface area (TPSA) is 26.0 Å². The number of oxazole rings is 1. The number of rotatable bonds is 1. The Morgan fingerprint density at radius 1 is 1.78 bits per heavy atom. The molecule has 0 bridgehead atoms. The molecule has 0 saturated carbocycles. The molecule has 0 saturated heterocycles. The average molecular weight is 146 g/mol. The monoisotopic (exact) mass is 145 g/mol. The summed E-state index contributed by atoms with van der Waals surface area (Å²) in [6, 6.07) is 0. The van der Waals surface area contributed by atoms with E-state index < -0.39 is 0 Å². The summed E-state index contributed by atoms with van der Waals surface area (Å²) in [5.41, 5.74) is 0.873. The molecule has 1 rings (SSSR count). The van der Waals surface area contributed by atoms with Crippen LogP contribution in [0, 0.1) is 6.92 Å². The Hall–Kier alpha value is -0.500. The summed E-state index contributed by atoms with van der Waals surface area (Å²) in [4.78, 5) is 4.01. The SMILES string of the molecule is Cc1coc(C(C)Cl)n1. The zero-order chi connectivity index (χ0) is 6.85. The fourth-order valence-corrected chi connectivity index (χ4v) is 0.655. The van der Waals surface area contributed by atoms with E-state index in [2.05, 4.69) is 4.98 Å². The van der Waals surface area contributed by atoms with Crippen LogP contribution < -0.4 is 0 Å². The smallest absolute Gasteiger partial charge is 0.211 e. The highest BCUT2D eigenvalue weighted by atomic mass is 35.5. The van der Waals surface area contributed by atoms with Crippen molar-refractivity contribution in [2.75, 3.05) is 0 Å². The number of hydrogen-bond donors (Lipinski definition) is 0. The molecule has 0 aliphatic heterocycles. The Morgan fingerprint density at radius 2 is 2.44 bits per heavy atom.